The Balaban J connectivity index is 3.18. The first kappa shape index (κ1) is 13.4. The lowest BCUT2D eigenvalue weighted by atomic mass is 9.93. The van der Waals surface area contributed by atoms with Crippen molar-refractivity contribution in [2.75, 3.05) is 14.2 Å². The summed E-state index contributed by atoms with van der Waals surface area (Å²) in [5.41, 5.74) is 0.830. The molecule has 1 aromatic rings. The molecule has 0 aliphatic carbocycles. The summed E-state index contributed by atoms with van der Waals surface area (Å²) in [6.45, 7) is 3.97. The molecule has 0 radical (unpaired) electrons. The number of nitrogens with one attached hydrogen (secondary N) is 1. The molecule has 17 heavy (non-hydrogen) atoms. The molecule has 1 aromatic carbocycles. The normalized spacial score (nSPS) is 14.1. The van der Waals surface area contributed by atoms with E-state index in [1.807, 2.05) is 20.9 Å². The third kappa shape index (κ3) is 2.94. The molecule has 2 unspecified atom stereocenters. The van der Waals surface area contributed by atoms with E-state index in [2.05, 4.69) is 5.32 Å². The summed E-state index contributed by atoms with van der Waals surface area (Å²) < 4.78 is 5.01. The Hall–Kier alpha value is -1.62. The van der Waals surface area contributed by atoms with Crippen LogP contribution >= 0.6 is 0 Å². The minimum absolute atomic E-state index is 0.0614. The number of hydrogen-bond acceptors (Lipinski definition) is 4. The number of methoxy groups -OCH3 is 1. The van der Waals surface area contributed by atoms with Crippen LogP contribution in [0.5, 0.6) is 5.75 Å². The fourth-order valence-corrected chi connectivity index (χ4v) is 1.71. The van der Waals surface area contributed by atoms with Crippen molar-refractivity contribution >= 4 is 5.69 Å². The number of likely N-dealkylation sites (N-methyl/N-ethyl adjacent to an activating group) is 1. The molecule has 0 amide bonds. The highest BCUT2D eigenvalue weighted by Gasteiger charge is 2.23. The molecule has 5 heteroatoms. The quantitative estimate of drug-likeness (QED) is 0.631. The van der Waals surface area contributed by atoms with Crippen LogP contribution in [0, 0.1) is 10.1 Å². The Labute approximate surface area is 101 Å². The first-order valence-corrected chi connectivity index (χ1v) is 5.50. The number of hydrogen-bond donors (Lipinski definition) is 1. The van der Waals surface area contributed by atoms with Crippen molar-refractivity contribution < 1.29 is 9.66 Å². The number of benzene rings is 1. The minimum Gasteiger partial charge on any atom is -0.497 e. The largest absolute Gasteiger partial charge is 0.497 e. The van der Waals surface area contributed by atoms with E-state index in [0.29, 0.717) is 5.75 Å². The third-order valence-corrected chi connectivity index (χ3v) is 3.13. The van der Waals surface area contributed by atoms with E-state index in [-0.39, 0.29) is 22.6 Å². The monoisotopic (exact) mass is 238 g/mol. The van der Waals surface area contributed by atoms with E-state index in [1.54, 1.807) is 12.1 Å². The minimum atomic E-state index is -0.364. The zero-order chi connectivity index (χ0) is 13.0. The molecule has 0 saturated heterocycles. The summed E-state index contributed by atoms with van der Waals surface area (Å²) in [5.74, 6) is 0.566. The second-order valence-corrected chi connectivity index (χ2v) is 4.05. The fraction of sp³-hybridized carbons (Fsp3) is 0.500. The molecule has 94 valence electrons. The SMILES string of the molecule is CNC(C)C(C)c1ccc(OC)cc1[N+](=O)[O-]. The van der Waals surface area contributed by atoms with Crippen molar-refractivity contribution in [2.24, 2.45) is 0 Å². The molecule has 0 aliphatic heterocycles. The predicted octanol–water partition coefficient (Wildman–Crippen LogP) is 2.31. The number of nitro benzene ring substituents is 1. The van der Waals surface area contributed by atoms with Gasteiger partial charge in [0.1, 0.15) is 5.75 Å². The Morgan fingerprint density at radius 2 is 2.06 bits per heavy atom. The van der Waals surface area contributed by atoms with Crippen LogP contribution in [-0.2, 0) is 0 Å². The van der Waals surface area contributed by atoms with Gasteiger partial charge in [-0.2, -0.15) is 0 Å². The van der Waals surface area contributed by atoms with Crippen LogP contribution in [0.15, 0.2) is 18.2 Å². The van der Waals surface area contributed by atoms with Crippen LogP contribution in [0.3, 0.4) is 0 Å². The van der Waals surface area contributed by atoms with Crippen LogP contribution < -0.4 is 10.1 Å². The van der Waals surface area contributed by atoms with Crippen LogP contribution in [0.1, 0.15) is 25.3 Å². The molecule has 1 rings (SSSR count). The number of nitro groups is 1. The Morgan fingerprint density at radius 1 is 1.41 bits per heavy atom. The maximum atomic E-state index is 11.0. The average molecular weight is 238 g/mol. The van der Waals surface area contributed by atoms with E-state index >= 15 is 0 Å². The topological polar surface area (TPSA) is 64.4 Å². The molecule has 0 saturated carbocycles. The Morgan fingerprint density at radius 3 is 2.53 bits per heavy atom. The first-order valence-electron chi connectivity index (χ1n) is 5.50. The van der Waals surface area contributed by atoms with Gasteiger partial charge < -0.3 is 10.1 Å². The van der Waals surface area contributed by atoms with Gasteiger partial charge in [-0.1, -0.05) is 6.92 Å². The highest BCUT2D eigenvalue weighted by atomic mass is 16.6. The molecule has 2 atom stereocenters. The van der Waals surface area contributed by atoms with Gasteiger partial charge in [0.2, 0.25) is 0 Å². The van der Waals surface area contributed by atoms with Gasteiger partial charge in [-0.15, -0.1) is 0 Å². The summed E-state index contributed by atoms with van der Waals surface area (Å²) in [6.07, 6.45) is 0. The number of ether oxygens (including phenoxy) is 1. The van der Waals surface area contributed by atoms with Gasteiger partial charge in [-0.25, -0.2) is 0 Å². The molecular formula is C12H18N2O3. The lowest BCUT2D eigenvalue weighted by molar-refractivity contribution is -0.385. The standard InChI is InChI=1S/C12H18N2O3/c1-8(9(2)13-3)11-6-5-10(17-4)7-12(11)14(15)16/h5-9,13H,1-4H3. The van der Waals surface area contributed by atoms with Gasteiger partial charge in [0.05, 0.1) is 18.1 Å². The van der Waals surface area contributed by atoms with E-state index in [1.165, 1.54) is 13.2 Å². The van der Waals surface area contributed by atoms with Gasteiger partial charge in [-0.05, 0) is 26.1 Å². The van der Waals surface area contributed by atoms with E-state index < -0.39 is 0 Å². The molecule has 0 fully saturated rings. The van der Waals surface area contributed by atoms with Crippen molar-refractivity contribution in [3.63, 3.8) is 0 Å². The van der Waals surface area contributed by atoms with Crippen molar-refractivity contribution in [1.82, 2.24) is 5.32 Å². The lowest BCUT2D eigenvalue weighted by Gasteiger charge is -2.19. The predicted molar refractivity (Wildman–Crippen MR) is 66.6 cm³/mol. The van der Waals surface area contributed by atoms with Gasteiger partial charge in [-0.3, -0.25) is 10.1 Å². The van der Waals surface area contributed by atoms with Crippen molar-refractivity contribution in [3.8, 4) is 5.75 Å². The lowest BCUT2D eigenvalue weighted by Crippen LogP contribution is -2.27. The zero-order valence-electron chi connectivity index (χ0n) is 10.6. The number of nitrogens with zero attached hydrogens (tertiary/aromatic N) is 1. The second kappa shape index (κ2) is 5.63. The molecule has 1 N–H and O–H groups in total. The van der Waals surface area contributed by atoms with E-state index in [4.69, 9.17) is 4.74 Å². The maximum Gasteiger partial charge on any atom is 0.276 e. The van der Waals surface area contributed by atoms with Crippen molar-refractivity contribution in [2.45, 2.75) is 25.8 Å². The van der Waals surface area contributed by atoms with Crippen LogP contribution in [0.2, 0.25) is 0 Å². The van der Waals surface area contributed by atoms with Crippen molar-refractivity contribution in [1.29, 1.82) is 0 Å². The van der Waals surface area contributed by atoms with Gasteiger partial charge in [0.25, 0.3) is 5.69 Å². The molecule has 0 spiro atoms. The molecule has 0 bridgehead atoms. The summed E-state index contributed by atoms with van der Waals surface area (Å²) in [4.78, 5) is 10.7. The van der Waals surface area contributed by atoms with E-state index in [0.717, 1.165) is 5.56 Å². The Kier molecular flexibility index (Phi) is 4.45. The summed E-state index contributed by atoms with van der Waals surface area (Å²) in [6, 6.07) is 5.15. The first-order chi connectivity index (χ1) is 8.01. The Bertz CT molecular complexity index is 407. The summed E-state index contributed by atoms with van der Waals surface area (Å²) in [5, 5.41) is 14.1. The smallest absolute Gasteiger partial charge is 0.276 e. The third-order valence-electron chi connectivity index (χ3n) is 3.13. The van der Waals surface area contributed by atoms with Gasteiger partial charge in [0, 0.05) is 17.5 Å². The van der Waals surface area contributed by atoms with Gasteiger partial charge >= 0.3 is 0 Å². The molecule has 0 aliphatic rings. The maximum absolute atomic E-state index is 11.0. The van der Waals surface area contributed by atoms with Crippen LogP contribution in [0.4, 0.5) is 5.69 Å². The summed E-state index contributed by atoms with van der Waals surface area (Å²) >= 11 is 0. The molecule has 0 heterocycles. The molecular weight excluding hydrogens is 220 g/mol. The average Bonchev–Trinajstić information content (AvgIpc) is 2.35. The van der Waals surface area contributed by atoms with Crippen LogP contribution in [0.25, 0.3) is 0 Å². The zero-order valence-corrected chi connectivity index (χ0v) is 10.6. The van der Waals surface area contributed by atoms with E-state index in [9.17, 15) is 10.1 Å². The number of rotatable bonds is 5. The second-order valence-electron chi connectivity index (χ2n) is 4.05. The molecule has 5 nitrogen and oxygen atoms in total. The van der Waals surface area contributed by atoms with Crippen molar-refractivity contribution in [3.05, 3.63) is 33.9 Å². The molecule has 0 aromatic heterocycles. The van der Waals surface area contributed by atoms with Crippen LogP contribution in [-0.4, -0.2) is 25.1 Å². The highest BCUT2D eigenvalue weighted by Crippen LogP contribution is 2.31. The van der Waals surface area contributed by atoms with Gasteiger partial charge in [0.15, 0.2) is 0 Å². The fourth-order valence-electron chi connectivity index (χ4n) is 1.71. The highest BCUT2D eigenvalue weighted by molar-refractivity contribution is 5.48. The summed E-state index contributed by atoms with van der Waals surface area (Å²) in [7, 11) is 3.34.